The molecule has 0 unspecified atom stereocenters. The largest absolute Gasteiger partial charge is 0.497 e. The minimum atomic E-state index is -3.74. The van der Waals surface area contributed by atoms with Gasteiger partial charge < -0.3 is 10.1 Å². The second-order valence-corrected chi connectivity index (χ2v) is 8.46. The van der Waals surface area contributed by atoms with E-state index in [-0.39, 0.29) is 5.92 Å². The second kappa shape index (κ2) is 5.49. The summed E-state index contributed by atoms with van der Waals surface area (Å²) in [4.78, 5) is 12.8. The van der Waals surface area contributed by atoms with Gasteiger partial charge in [-0.25, -0.2) is 8.42 Å². The van der Waals surface area contributed by atoms with Gasteiger partial charge in [-0.1, -0.05) is 18.2 Å². The van der Waals surface area contributed by atoms with E-state index in [4.69, 9.17) is 4.74 Å². The summed E-state index contributed by atoms with van der Waals surface area (Å²) in [6.07, 6.45) is 0.376. The molecule has 1 aliphatic heterocycles. The number of benzene rings is 2. The molecule has 2 aromatic carbocycles. The number of nitrogens with one attached hydrogen (secondary N) is 1. The van der Waals surface area contributed by atoms with Crippen molar-refractivity contribution in [2.75, 3.05) is 23.3 Å². The molecule has 1 saturated heterocycles. The maximum Gasteiger partial charge on any atom is 0.250 e. The molecule has 1 N–H and O–H groups in total. The van der Waals surface area contributed by atoms with Crippen LogP contribution in [0.5, 0.6) is 5.75 Å². The maximum atomic E-state index is 13.0. The summed E-state index contributed by atoms with van der Waals surface area (Å²) >= 11 is 0. The van der Waals surface area contributed by atoms with Crippen molar-refractivity contribution in [2.24, 2.45) is 5.92 Å². The molecule has 6 nitrogen and oxygen atoms in total. The van der Waals surface area contributed by atoms with Crippen LogP contribution in [0.25, 0.3) is 0 Å². The third-order valence-electron chi connectivity index (χ3n) is 4.96. The van der Waals surface area contributed by atoms with E-state index in [1.54, 1.807) is 55.6 Å². The van der Waals surface area contributed by atoms with Crippen LogP contribution in [-0.2, 0) is 14.8 Å². The molecule has 4 rings (SSSR count). The number of fused-ring (bicyclic) bond motifs is 1. The van der Waals surface area contributed by atoms with E-state index < -0.39 is 20.7 Å². The Morgan fingerprint density at radius 1 is 1.16 bits per heavy atom. The fourth-order valence-corrected chi connectivity index (χ4v) is 5.84. The minimum absolute atomic E-state index is 0.170. The van der Waals surface area contributed by atoms with Crippen molar-refractivity contribution in [2.45, 2.75) is 11.2 Å². The molecular formula is C18H18N2O4S. The summed E-state index contributed by atoms with van der Waals surface area (Å²) < 4.78 is 31.2. The SMILES string of the molecule is COc1ccc(NC(=O)[C@]23C[C@@H]2CN(c2ccccc2)S3(=O)=O)cc1. The number of hydrogen-bond donors (Lipinski definition) is 1. The zero-order chi connectivity index (χ0) is 17.7. The molecule has 0 radical (unpaired) electrons. The third-order valence-corrected chi connectivity index (χ3v) is 7.51. The van der Waals surface area contributed by atoms with Crippen molar-refractivity contribution in [3.63, 3.8) is 0 Å². The lowest BCUT2D eigenvalue weighted by atomic mass is 10.2. The fourth-order valence-electron chi connectivity index (χ4n) is 3.47. The van der Waals surface area contributed by atoms with E-state index in [0.29, 0.717) is 30.1 Å². The topological polar surface area (TPSA) is 75.7 Å². The molecule has 1 heterocycles. The van der Waals surface area contributed by atoms with Gasteiger partial charge in [0, 0.05) is 18.2 Å². The highest BCUT2D eigenvalue weighted by molar-refractivity contribution is 7.95. The number of amides is 1. The first-order valence-electron chi connectivity index (χ1n) is 8.02. The molecular weight excluding hydrogens is 340 g/mol. The van der Waals surface area contributed by atoms with E-state index in [1.807, 2.05) is 6.07 Å². The van der Waals surface area contributed by atoms with Gasteiger partial charge in [-0.2, -0.15) is 0 Å². The Morgan fingerprint density at radius 3 is 2.48 bits per heavy atom. The number of carbonyl (C=O) groups is 1. The average molecular weight is 358 g/mol. The second-order valence-electron chi connectivity index (χ2n) is 6.34. The lowest BCUT2D eigenvalue weighted by Gasteiger charge is -2.22. The maximum absolute atomic E-state index is 13.0. The van der Waals surface area contributed by atoms with Crippen molar-refractivity contribution < 1.29 is 17.9 Å². The molecule has 0 bridgehead atoms. The van der Waals surface area contributed by atoms with Gasteiger partial charge >= 0.3 is 0 Å². The summed E-state index contributed by atoms with van der Waals surface area (Å²) in [6, 6.07) is 15.7. The number of carbonyl (C=O) groups excluding carboxylic acids is 1. The van der Waals surface area contributed by atoms with Crippen LogP contribution in [0.4, 0.5) is 11.4 Å². The first-order chi connectivity index (χ1) is 12.0. The van der Waals surface area contributed by atoms with Crippen molar-refractivity contribution >= 4 is 27.3 Å². The summed E-state index contributed by atoms with van der Waals surface area (Å²) in [5, 5.41) is 2.74. The number of anilines is 2. The highest BCUT2D eigenvalue weighted by Crippen LogP contribution is 2.58. The van der Waals surface area contributed by atoms with Crippen molar-refractivity contribution in [3.8, 4) is 5.75 Å². The first-order valence-corrected chi connectivity index (χ1v) is 9.46. The highest BCUT2D eigenvalue weighted by atomic mass is 32.2. The molecule has 1 amide bonds. The van der Waals surface area contributed by atoms with Crippen LogP contribution < -0.4 is 14.4 Å². The van der Waals surface area contributed by atoms with E-state index in [9.17, 15) is 13.2 Å². The number of para-hydroxylation sites is 1. The highest BCUT2D eigenvalue weighted by Gasteiger charge is 2.75. The summed E-state index contributed by atoms with van der Waals surface area (Å²) in [5.41, 5.74) is 1.16. The van der Waals surface area contributed by atoms with Gasteiger partial charge in [-0.3, -0.25) is 9.10 Å². The summed E-state index contributed by atoms with van der Waals surface area (Å²) in [6.45, 7) is 0.350. The van der Waals surface area contributed by atoms with Gasteiger partial charge in [0.05, 0.1) is 12.8 Å². The van der Waals surface area contributed by atoms with E-state index in [0.717, 1.165) is 0 Å². The molecule has 2 atom stereocenters. The first kappa shape index (κ1) is 16.0. The lowest BCUT2D eigenvalue weighted by Crippen LogP contribution is -2.42. The smallest absolute Gasteiger partial charge is 0.250 e. The van der Waals surface area contributed by atoms with Crippen LogP contribution in [0.1, 0.15) is 6.42 Å². The monoisotopic (exact) mass is 358 g/mol. The van der Waals surface area contributed by atoms with Gasteiger partial charge in [0.1, 0.15) is 5.75 Å². The van der Waals surface area contributed by atoms with Gasteiger partial charge in [0.2, 0.25) is 15.9 Å². The van der Waals surface area contributed by atoms with Crippen LogP contribution in [0, 0.1) is 5.92 Å². The van der Waals surface area contributed by atoms with Crippen LogP contribution in [-0.4, -0.2) is 32.7 Å². The molecule has 25 heavy (non-hydrogen) atoms. The zero-order valence-electron chi connectivity index (χ0n) is 13.7. The van der Waals surface area contributed by atoms with E-state index in [2.05, 4.69) is 5.32 Å². The standard InChI is InChI=1S/C18H18N2O4S/c1-24-16-9-7-14(8-10-16)19-17(21)18-11-13(18)12-20(25(18,22)23)15-5-3-2-4-6-15/h2-10,13H,11-12H2,1H3,(H,19,21)/t13-,18+/m1/s1. The minimum Gasteiger partial charge on any atom is -0.497 e. The van der Waals surface area contributed by atoms with Crippen LogP contribution >= 0.6 is 0 Å². The van der Waals surface area contributed by atoms with E-state index in [1.165, 1.54) is 4.31 Å². The Labute approximate surface area is 146 Å². The van der Waals surface area contributed by atoms with Crippen LogP contribution in [0.2, 0.25) is 0 Å². The Kier molecular flexibility index (Phi) is 3.50. The Morgan fingerprint density at radius 2 is 1.84 bits per heavy atom. The molecule has 7 heteroatoms. The van der Waals surface area contributed by atoms with Crippen molar-refractivity contribution in [1.82, 2.24) is 0 Å². The molecule has 0 spiro atoms. The van der Waals surface area contributed by atoms with Gasteiger partial charge in [0.25, 0.3) is 0 Å². The number of methoxy groups -OCH3 is 1. The lowest BCUT2D eigenvalue weighted by molar-refractivity contribution is -0.116. The summed E-state index contributed by atoms with van der Waals surface area (Å²) in [5.74, 6) is 0.0428. The quantitative estimate of drug-likeness (QED) is 0.909. The number of nitrogens with zero attached hydrogens (tertiary/aromatic N) is 1. The van der Waals surface area contributed by atoms with Gasteiger partial charge in [0.15, 0.2) is 4.75 Å². The Bertz CT molecular complexity index is 912. The third kappa shape index (κ3) is 2.30. The van der Waals surface area contributed by atoms with Gasteiger partial charge in [-0.15, -0.1) is 0 Å². The number of hydrogen-bond acceptors (Lipinski definition) is 4. The van der Waals surface area contributed by atoms with Crippen molar-refractivity contribution in [3.05, 3.63) is 54.6 Å². The van der Waals surface area contributed by atoms with Crippen LogP contribution in [0.15, 0.2) is 54.6 Å². The summed E-state index contributed by atoms with van der Waals surface area (Å²) in [7, 11) is -2.18. The molecule has 2 aliphatic rings. The van der Waals surface area contributed by atoms with Crippen LogP contribution in [0.3, 0.4) is 0 Å². The number of ether oxygens (including phenoxy) is 1. The van der Waals surface area contributed by atoms with Gasteiger partial charge in [-0.05, 0) is 42.8 Å². The number of sulfonamides is 1. The fraction of sp³-hybridized carbons (Fsp3) is 0.278. The Hall–Kier alpha value is -2.54. The number of rotatable bonds is 4. The molecule has 2 aromatic rings. The molecule has 1 saturated carbocycles. The van der Waals surface area contributed by atoms with E-state index >= 15 is 0 Å². The average Bonchev–Trinajstić information content (AvgIpc) is 3.32. The molecule has 1 aliphatic carbocycles. The normalized spacial score (nSPS) is 26.0. The zero-order valence-corrected chi connectivity index (χ0v) is 14.5. The molecule has 130 valence electrons. The predicted molar refractivity (Wildman–Crippen MR) is 95.2 cm³/mol. The molecule has 2 fully saturated rings. The predicted octanol–water partition coefficient (Wildman–Crippen LogP) is 2.24. The van der Waals surface area contributed by atoms with Crippen molar-refractivity contribution in [1.29, 1.82) is 0 Å². The molecule has 0 aromatic heterocycles. The Balaban J connectivity index is 1.59.